The van der Waals surface area contributed by atoms with Crippen LogP contribution in [0.4, 0.5) is 0 Å². The van der Waals surface area contributed by atoms with E-state index in [0.29, 0.717) is 6.61 Å². The molecule has 3 heteroatoms. The number of hydroxylamine groups is 4. The molecule has 2 unspecified atom stereocenters. The lowest BCUT2D eigenvalue weighted by atomic mass is 10.0. The minimum atomic E-state index is -0.297. The SMILES string of the molecule is CCCCCCCC[C@@H]1CCC2CCO[N+]21[O-]. The van der Waals surface area contributed by atoms with Gasteiger partial charge in [0, 0.05) is 25.7 Å². The minimum Gasteiger partial charge on any atom is -0.598 e. The van der Waals surface area contributed by atoms with Crippen molar-refractivity contribution in [3.05, 3.63) is 5.21 Å². The first kappa shape index (κ1) is 13.3. The maximum Gasteiger partial charge on any atom is 0.122 e. The number of hydrogen-bond donors (Lipinski definition) is 0. The van der Waals surface area contributed by atoms with Gasteiger partial charge >= 0.3 is 0 Å². The highest BCUT2D eigenvalue weighted by Gasteiger charge is 2.48. The van der Waals surface area contributed by atoms with Gasteiger partial charge in [-0.25, -0.2) is 9.65 Å². The Morgan fingerprint density at radius 3 is 2.65 bits per heavy atom. The van der Waals surface area contributed by atoms with Crippen LogP contribution < -0.4 is 0 Å². The molecule has 3 atom stereocenters. The van der Waals surface area contributed by atoms with E-state index in [9.17, 15) is 5.21 Å². The van der Waals surface area contributed by atoms with Crippen molar-refractivity contribution in [3.63, 3.8) is 0 Å². The van der Waals surface area contributed by atoms with Crippen molar-refractivity contribution in [1.82, 2.24) is 0 Å². The Morgan fingerprint density at radius 1 is 1.06 bits per heavy atom. The first-order valence-electron chi connectivity index (χ1n) is 7.51. The van der Waals surface area contributed by atoms with Crippen LogP contribution in [0.5, 0.6) is 0 Å². The van der Waals surface area contributed by atoms with E-state index in [2.05, 4.69) is 6.92 Å². The maximum absolute atomic E-state index is 12.5. The minimum absolute atomic E-state index is 0.244. The second-order valence-corrected chi connectivity index (χ2v) is 5.71. The molecule has 2 fully saturated rings. The summed E-state index contributed by atoms with van der Waals surface area (Å²) in [6, 6.07) is 0.508. The van der Waals surface area contributed by atoms with Crippen molar-refractivity contribution >= 4 is 0 Å². The van der Waals surface area contributed by atoms with Crippen molar-refractivity contribution in [3.8, 4) is 0 Å². The molecule has 2 heterocycles. The van der Waals surface area contributed by atoms with Gasteiger partial charge in [-0.1, -0.05) is 39.0 Å². The highest BCUT2D eigenvalue weighted by atomic mass is 16.9. The van der Waals surface area contributed by atoms with Crippen LogP contribution in [0, 0.1) is 5.21 Å². The Morgan fingerprint density at radius 2 is 1.82 bits per heavy atom. The third-order valence-electron chi connectivity index (χ3n) is 4.49. The second kappa shape index (κ2) is 6.17. The monoisotopic (exact) mass is 241 g/mol. The highest BCUT2D eigenvalue weighted by molar-refractivity contribution is 4.77. The molecular formula is C14H27NO2. The quantitative estimate of drug-likeness (QED) is 0.384. The molecule has 100 valence electrons. The Bertz CT molecular complexity index is 234. The molecule has 0 aliphatic carbocycles. The van der Waals surface area contributed by atoms with E-state index in [1.54, 1.807) is 0 Å². The zero-order valence-electron chi connectivity index (χ0n) is 11.2. The van der Waals surface area contributed by atoms with Crippen molar-refractivity contribution < 1.29 is 9.65 Å². The summed E-state index contributed by atoms with van der Waals surface area (Å²) in [5.74, 6) is 0. The zero-order chi connectivity index (χ0) is 12.1. The number of unbranched alkanes of at least 4 members (excludes halogenated alkanes) is 5. The van der Waals surface area contributed by atoms with Crippen LogP contribution in [0.3, 0.4) is 0 Å². The molecule has 0 aromatic heterocycles. The predicted molar refractivity (Wildman–Crippen MR) is 69.0 cm³/mol. The fourth-order valence-corrected chi connectivity index (χ4v) is 3.39. The average molecular weight is 241 g/mol. The second-order valence-electron chi connectivity index (χ2n) is 5.71. The lowest BCUT2D eigenvalue weighted by Gasteiger charge is -2.40. The van der Waals surface area contributed by atoms with Crippen LogP contribution in [0.2, 0.25) is 0 Å². The lowest BCUT2D eigenvalue weighted by Crippen LogP contribution is -2.46. The van der Waals surface area contributed by atoms with E-state index in [1.165, 1.54) is 38.5 Å². The van der Waals surface area contributed by atoms with Crippen LogP contribution in [-0.4, -0.2) is 23.5 Å². The summed E-state index contributed by atoms with van der Waals surface area (Å²) in [4.78, 5) is 5.16. The fourth-order valence-electron chi connectivity index (χ4n) is 3.39. The topological polar surface area (TPSA) is 32.3 Å². The molecule has 0 bridgehead atoms. The molecule has 17 heavy (non-hydrogen) atoms. The van der Waals surface area contributed by atoms with Gasteiger partial charge in [-0.15, -0.1) is 0 Å². The van der Waals surface area contributed by atoms with Crippen molar-refractivity contribution in [1.29, 1.82) is 0 Å². The maximum atomic E-state index is 12.5. The van der Waals surface area contributed by atoms with Gasteiger partial charge in [0.2, 0.25) is 0 Å². The molecule has 0 spiro atoms. The van der Waals surface area contributed by atoms with Crippen LogP contribution >= 0.6 is 0 Å². The van der Waals surface area contributed by atoms with E-state index in [0.717, 1.165) is 25.7 Å². The third-order valence-corrected chi connectivity index (χ3v) is 4.49. The number of fused-ring (bicyclic) bond motifs is 1. The van der Waals surface area contributed by atoms with Gasteiger partial charge in [0.1, 0.15) is 18.7 Å². The summed E-state index contributed by atoms with van der Waals surface area (Å²) in [6.07, 6.45) is 12.1. The number of rotatable bonds is 7. The van der Waals surface area contributed by atoms with Gasteiger partial charge in [-0.3, -0.25) is 0 Å². The molecule has 0 aromatic carbocycles. The van der Waals surface area contributed by atoms with E-state index in [4.69, 9.17) is 4.84 Å². The van der Waals surface area contributed by atoms with Crippen molar-refractivity contribution in [2.75, 3.05) is 6.61 Å². The molecule has 0 aromatic rings. The van der Waals surface area contributed by atoms with Gasteiger partial charge < -0.3 is 5.21 Å². The summed E-state index contributed by atoms with van der Waals surface area (Å²) in [5, 5.41) is 12.5. The first-order valence-corrected chi connectivity index (χ1v) is 7.51. The molecule has 2 aliphatic rings. The highest BCUT2D eigenvalue weighted by Crippen LogP contribution is 2.40. The number of quaternary nitrogens is 1. The third kappa shape index (κ3) is 3.01. The molecule has 0 saturated carbocycles. The molecular weight excluding hydrogens is 214 g/mol. The summed E-state index contributed by atoms with van der Waals surface area (Å²) >= 11 is 0. The largest absolute Gasteiger partial charge is 0.598 e. The number of hydrogen-bond acceptors (Lipinski definition) is 2. The van der Waals surface area contributed by atoms with Crippen LogP contribution in [0.15, 0.2) is 0 Å². The van der Waals surface area contributed by atoms with Gasteiger partial charge in [0.25, 0.3) is 0 Å². The van der Waals surface area contributed by atoms with E-state index in [1.807, 2.05) is 0 Å². The molecule has 2 saturated heterocycles. The molecule has 0 amide bonds. The van der Waals surface area contributed by atoms with Crippen LogP contribution in [0.25, 0.3) is 0 Å². The summed E-state index contributed by atoms with van der Waals surface area (Å²) in [6.45, 7) is 2.93. The standard InChI is InChI=1S/C14H27NO2/c1-2-3-4-5-6-7-8-13-9-10-14-11-12-17-15(13,14)16/h13-14H,2-12H2,1H3/t13-,14?,15?/m1/s1. The van der Waals surface area contributed by atoms with Gasteiger partial charge in [-0.05, 0) is 6.42 Å². The van der Waals surface area contributed by atoms with Gasteiger partial charge in [-0.2, -0.15) is 0 Å². The van der Waals surface area contributed by atoms with E-state index in [-0.39, 0.29) is 16.9 Å². The first-order chi connectivity index (χ1) is 8.27. The Labute approximate surface area is 105 Å². The van der Waals surface area contributed by atoms with E-state index >= 15 is 0 Å². The van der Waals surface area contributed by atoms with Gasteiger partial charge in [0.05, 0.1) is 0 Å². The number of nitrogens with zero attached hydrogens (tertiary/aromatic N) is 1. The predicted octanol–water partition coefficient (Wildman–Crippen LogP) is 3.92. The Kier molecular flexibility index (Phi) is 4.83. The van der Waals surface area contributed by atoms with E-state index < -0.39 is 0 Å². The fraction of sp³-hybridized carbons (Fsp3) is 1.00. The van der Waals surface area contributed by atoms with Gasteiger partial charge in [0.15, 0.2) is 0 Å². The Balaban J connectivity index is 1.63. The van der Waals surface area contributed by atoms with Crippen molar-refractivity contribution in [2.24, 2.45) is 0 Å². The zero-order valence-corrected chi connectivity index (χ0v) is 11.2. The van der Waals surface area contributed by atoms with Crippen LogP contribution in [-0.2, 0) is 4.84 Å². The average Bonchev–Trinajstić information content (AvgIpc) is 2.81. The molecule has 3 nitrogen and oxygen atoms in total. The Hall–Kier alpha value is -0.120. The molecule has 2 rings (SSSR count). The summed E-state index contributed by atoms with van der Waals surface area (Å²) < 4.78 is 0. The smallest absolute Gasteiger partial charge is 0.122 e. The lowest BCUT2D eigenvalue weighted by molar-refractivity contribution is -1.08. The molecule has 2 aliphatic heterocycles. The van der Waals surface area contributed by atoms with Crippen molar-refractivity contribution in [2.45, 2.75) is 83.2 Å². The van der Waals surface area contributed by atoms with Crippen LogP contribution in [0.1, 0.15) is 71.1 Å². The normalized spacial score (nSPS) is 36.4. The molecule has 0 radical (unpaired) electrons. The molecule has 0 N–H and O–H groups in total. The summed E-state index contributed by atoms with van der Waals surface area (Å²) in [7, 11) is 0. The summed E-state index contributed by atoms with van der Waals surface area (Å²) in [5.41, 5.74) is 0.